The SMILES string of the molecule is CN(C)c1cc2cnc(C(=O)NC3CC4CNC3C4)cc2o1. The highest BCUT2D eigenvalue weighted by Gasteiger charge is 2.40. The van der Waals surface area contributed by atoms with Crippen LogP contribution in [0.2, 0.25) is 0 Å². The number of nitrogens with one attached hydrogen (secondary N) is 2. The number of carbonyl (C=O) groups is 1. The topological polar surface area (TPSA) is 70.4 Å². The Morgan fingerprint density at radius 2 is 2.27 bits per heavy atom. The number of carbonyl (C=O) groups excluding carboxylic acids is 1. The van der Waals surface area contributed by atoms with Crippen LogP contribution >= 0.6 is 0 Å². The van der Waals surface area contributed by atoms with E-state index in [1.165, 1.54) is 6.42 Å². The van der Waals surface area contributed by atoms with Crippen LogP contribution in [0.5, 0.6) is 0 Å². The molecule has 6 nitrogen and oxygen atoms in total. The Hall–Kier alpha value is -2.08. The third kappa shape index (κ3) is 2.23. The Morgan fingerprint density at radius 1 is 1.41 bits per heavy atom. The first-order chi connectivity index (χ1) is 10.6. The molecule has 1 aliphatic carbocycles. The molecule has 116 valence electrons. The van der Waals surface area contributed by atoms with Gasteiger partial charge in [0.05, 0.1) is 0 Å². The van der Waals surface area contributed by atoms with Gasteiger partial charge in [-0.05, 0) is 25.3 Å². The molecule has 22 heavy (non-hydrogen) atoms. The van der Waals surface area contributed by atoms with Crippen molar-refractivity contribution in [2.75, 3.05) is 25.5 Å². The van der Waals surface area contributed by atoms with Crippen LogP contribution in [0.3, 0.4) is 0 Å². The quantitative estimate of drug-likeness (QED) is 0.896. The fourth-order valence-corrected chi connectivity index (χ4v) is 3.52. The molecule has 2 aromatic rings. The predicted octanol–water partition coefficient (Wildman–Crippen LogP) is 1.37. The van der Waals surface area contributed by atoms with Crippen molar-refractivity contribution in [3.05, 3.63) is 24.0 Å². The Morgan fingerprint density at radius 3 is 2.95 bits per heavy atom. The van der Waals surface area contributed by atoms with E-state index in [1.54, 1.807) is 12.3 Å². The number of anilines is 1. The van der Waals surface area contributed by atoms with Gasteiger partial charge in [-0.15, -0.1) is 0 Å². The summed E-state index contributed by atoms with van der Waals surface area (Å²) in [5.74, 6) is 1.34. The van der Waals surface area contributed by atoms with Gasteiger partial charge in [0, 0.05) is 49.9 Å². The first-order valence-corrected chi connectivity index (χ1v) is 7.71. The normalized spacial score (nSPS) is 26.5. The third-order valence-electron chi connectivity index (χ3n) is 4.71. The number of pyridine rings is 1. The van der Waals surface area contributed by atoms with Crippen LogP contribution < -0.4 is 15.5 Å². The van der Waals surface area contributed by atoms with Crippen molar-refractivity contribution in [1.82, 2.24) is 15.6 Å². The molecular formula is C16H20N4O2. The molecule has 2 aliphatic rings. The maximum Gasteiger partial charge on any atom is 0.270 e. The van der Waals surface area contributed by atoms with Gasteiger partial charge < -0.3 is 20.0 Å². The summed E-state index contributed by atoms with van der Waals surface area (Å²) >= 11 is 0. The molecule has 2 N–H and O–H groups in total. The Balaban J connectivity index is 1.54. The van der Waals surface area contributed by atoms with Crippen LogP contribution in [0.25, 0.3) is 11.0 Å². The zero-order valence-corrected chi connectivity index (χ0v) is 12.8. The van der Waals surface area contributed by atoms with Crippen LogP contribution in [0.15, 0.2) is 22.7 Å². The molecule has 1 amide bonds. The van der Waals surface area contributed by atoms with E-state index < -0.39 is 0 Å². The second-order valence-corrected chi connectivity index (χ2v) is 6.52. The van der Waals surface area contributed by atoms with Gasteiger partial charge in [-0.3, -0.25) is 9.78 Å². The summed E-state index contributed by atoms with van der Waals surface area (Å²) in [6.45, 7) is 1.08. The van der Waals surface area contributed by atoms with Gasteiger partial charge in [0.1, 0.15) is 11.3 Å². The third-order valence-corrected chi connectivity index (χ3v) is 4.71. The summed E-state index contributed by atoms with van der Waals surface area (Å²) in [7, 11) is 3.84. The second-order valence-electron chi connectivity index (χ2n) is 6.52. The maximum atomic E-state index is 12.4. The lowest BCUT2D eigenvalue weighted by atomic mass is 10.1. The first-order valence-electron chi connectivity index (χ1n) is 7.71. The number of fused-ring (bicyclic) bond motifs is 3. The van der Waals surface area contributed by atoms with Gasteiger partial charge in [0.25, 0.3) is 5.91 Å². The summed E-state index contributed by atoms with van der Waals surface area (Å²) in [6, 6.07) is 4.28. The van der Waals surface area contributed by atoms with Crippen LogP contribution in [-0.2, 0) is 0 Å². The van der Waals surface area contributed by atoms with Crippen LogP contribution in [0, 0.1) is 5.92 Å². The Bertz CT molecular complexity index is 724. The van der Waals surface area contributed by atoms with Gasteiger partial charge in [-0.2, -0.15) is 0 Å². The predicted molar refractivity (Wildman–Crippen MR) is 84.1 cm³/mol. The molecule has 4 rings (SSSR count). The number of amides is 1. The van der Waals surface area contributed by atoms with Crippen molar-refractivity contribution in [2.24, 2.45) is 5.92 Å². The molecule has 3 atom stereocenters. The number of aromatic nitrogens is 1. The average molecular weight is 300 g/mol. The molecule has 3 heterocycles. The standard InChI is InChI=1S/C16H20N4O2/c1-20(2)15-5-10-8-18-13(6-14(10)22-15)16(21)19-12-4-9-3-11(12)17-7-9/h5-6,8-9,11-12,17H,3-4,7H2,1-2H3,(H,19,21). The number of hydrogen-bond donors (Lipinski definition) is 2. The average Bonchev–Trinajstić information content (AvgIpc) is 3.20. The lowest BCUT2D eigenvalue weighted by Crippen LogP contribution is -2.48. The number of furan rings is 1. The lowest BCUT2D eigenvalue weighted by Gasteiger charge is -2.23. The summed E-state index contributed by atoms with van der Waals surface area (Å²) in [5.41, 5.74) is 1.10. The minimum absolute atomic E-state index is 0.121. The largest absolute Gasteiger partial charge is 0.440 e. The second kappa shape index (κ2) is 4.98. The fraction of sp³-hybridized carbons (Fsp3) is 0.500. The van der Waals surface area contributed by atoms with E-state index in [1.807, 2.05) is 25.1 Å². The minimum atomic E-state index is -0.121. The van der Waals surface area contributed by atoms with E-state index in [4.69, 9.17) is 4.42 Å². The summed E-state index contributed by atoms with van der Waals surface area (Å²) in [5, 5.41) is 7.46. The molecule has 0 aromatic carbocycles. The van der Waals surface area contributed by atoms with Crippen LogP contribution in [0.1, 0.15) is 23.3 Å². The first kappa shape index (κ1) is 13.6. The van der Waals surface area contributed by atoms with Crippen LogP contribution in [0.4, 0.5) is 5.88 Å². The molecule has 1 aliphatic heterocycles. The van der Waals surface area contributed by atoms with E-state index in [9.17, 15) is 4.79 Å². The minimum Gasteiger partial charge on any atom is -0.440 e. The van der Waals surface area contributed by atoms with Gasteiger partial charge in [-0.25, -0.2) is 0 Å². The number of nitrogens with zero attached hydrogens (tertiary/aromatic N) is 2. The zero-order chi connectivity index (χ0) is 15.3. The van der Waals surface area contributed by atoms with E-state index in [2.05, 4.69) is 15.6 Å². The summed E-state index contributed by atoms with van der Waals surface area (Å²) in [6.07, 6.45) is 3.93. The smallest absolute Gasteiger partial charge is 0.270 e. The van der Waals surface area contributed by atoms with Crippen molar-refractivity contribution < 1.29 is 9.21 Å². The van der Waals surface area contributed by atoms with Crippen LogP contribution in [-0.4, -0.2) is 43.6 Å². The molecule has 3 unspecified atom stereocenters. The molecular weight excluding hydrogens is 280 g/mol. The van der Waals surface area contributed by atoms with E-state index in [0.29, 0.717) is 23.2 Å². The van der Waals surface area contributed by atoms with Gasteiger partial charge in [-0.1, -0.05) is 0 Å². The highest BCUT2D eigenvalue weighted by molar-refractivity contribution is 5.95. The highest BCUT2D eigenvalue weighted by Crippen LogP contribution is 2.31. The van der Waals surface area contributed by atoms with Crippen molar-refractivity contribution in [3.8, 4) is 0 Å². The van der Waals surface area contributed by atoms with Gasteiger partial charge in [0.2, 0.25) is 0 Å². The summed E-state index contributed by atoms with van der Waals surface area (Å²) < 4.78 is 5.73. The molecule has 6 heteroatoms. The molecule has 1 saturated carbocycles. The van der Waals surface area contributed by atoms with Crippen molar-refractivity contribution >= 4 is 22.8 Å². The molecule has 2 bridgehead atoms. The molecule has 0 spiro atoms. The van der Waals surface area contributed by atoms with Gasteiger partial charge in [0.15, 0.2) is 5.88 Å². The van der Waals surface area contributed by atoms with Crippen molar-refractivity contribution in [2.45, 2.75) is 24.9 Å². The van der Waals surface area contributed by atoms with Crippen molar-refractivity contribution in [3.63, 3.8) is 0 Å². The highest BCUT2D eigenvalue weighted by atomic mass is 16.4. The fourth-order valence-electron chi connectivity index (χ4n) is 3.52. The van der Waals surface area contributed by atoms with Gasteiger partial charge >= 0.3 is 0 Å². The zero-order valence-electron chi connectivity index (χ0n) is 12.8. The number of hydrogen-bond acceptors (Lipinski definition) is 5. The molecule has 2 aromatic heterocycles. The Kier molecular flexibility index (Phi) is 3.07. The molecule has 2 fully saturated rings. The molecule has 0 radical (unpaired) electrons. The van der Waals surface area contributed by atoms with E-state index in [0.717, 1.165) is 24.2 Å². The monoisotopic (exact) mass is 300 g/mol. The van der Waals surface area contributed by atoms with E-state index in [-0.39, 0.29) is 11.9 Å². The number of rotatable bonds is 3. The summed E-state index contributed by atoms with van der Waals surface area (Å²) in [4.78, 5) is 18.6. The molecule has 1 saturated heterocycles. The number of piperidine rings is 1. The van der Waals surface area contributed by atoms with Crippen molar-refractivity contribution in [1.29, 1.82) is 0 Å². The maximum absolute atomic E-state index is 12.4. The Labute approximate surface area is 128 Å². The van der Waals surface area contributed by atoms with E-state index >= 15 is 0 Å². The lowest BCUT2D eigenvalue weighted by molar-refractivity contribution is 0.0923.